The van der Waals surface area contributed by atoms with Crippen molar-refractivity contribution in [2.24, 2.45) is 0 Å². The highest BCUT2D eigenvalue weighted by molar-refractivity contribution is 6.32. The fourth-order valence-electron chi connectivity index (χ4n) is 2.33. The Morgan fingerprint density at radius 1 is 1.30 bits per heavy atom. The fraction of sp³-hybridized carbons (Fsp3) is 0.467. The second-order valence-electron chi connectivity index (χ2n) is 4.95. The van der Waals surface area contributed by atoms with Gasteiger partial charge in [-0.15, -0.1) is 0 Å². The normalized spacial score (nSPS) is 15.3. The van der Waals surface area contributed by atoms with Gasteiger partial charge >= 0.3 is 0 Å². The topological polar surface area (TPSA) is 56.1 Å². The van der Waals surface area contributed by atoms with Crippen molar-refractivity contribution < 1.29 is 4.79 Å². The molecule has 1 aromatic rings. The van der Waals surface area contributed by atoms with Gasteiger partial charge in [0.1, 0.15) is 6.07 Å². The van der Waals surface area contributed by atoms with Gasteiger partial charge in [-0.25, -0.2) is 0 Å². The molecule has 1 amide bonds. The summed E-state index contributed by atoms with van der Waals surface area (Å²) >= 11 is 5.96. The van der Waals surface area contributed by atoms with E-state index in [0.29, 0.717) is 10.6 Å². The van der Waals surface area contributed by atoms with Gasteiger partial charge in [-0.1, -0.05) is 24.4 Å². The average molecular weight is 292 g/mol. The number of nitriles is 1. The quantitative estimate of drug-likeness (QED) is 0.931. The lowest BCUT2D eigenvalue weighted by molar-refractivity contribution is -0.129. The Bertz CT molecular complexity index is 516. The fourth-order valence-corrected chi connectivity index (χ4v) is 2.55. The number of anilines is 1. The summed E-state index contributed by atoms with van der Waals surface area (Å²) in [5, 5.41) is 12.3. The molecule has 106 valence electrons. The first kappa shape index (κ1) is 14.7. The van der Waals surface area contributed by atoms with E-state index in [2.05, 4.69) is 5.32 Å². The molecule has 0 saturated carbocycles. The molecule has 1 N–H and O–H groups in total. The second-order valence-corrected chi connectivity index (χ2v) is 5.36. The lowest BCUT2D eigenvalue weighted by Gasteiger charge is -2.20. The van der Waals surface area contributed by atoms with E-state index in [0.717, 1.165) is 31.6 Å². The first-order chi connectivity index (χ1) is 9.70. The lowest BCUT2D eigenvalue weighted by atomic mass is 10.2. The Morgan fingerprint density at radius 3 is 2.60 bits per heavy atom. The first-order valence-electron chi connectivity index (χ1n) is 6.92. The van der Waals surface area contributed by atoms with Gasteiger partial charge in [0.2, 0.25) is 5.91 Å². The molecule has 0 atom stereocenters. The van der Waals surface area contributed by atoms with Crippen LogP contribution in [0.15, 0.2) is 18.2 Å². The zero-order valence-electron chi connectivity index (χ0n) is 11.4. The molecular weight excluding hydrogens is 274 g/mol. The van der Waals surface area contributed by atoms with E-state index in [-0.39, 0.29) is 12.5 Å². The van der Waals surface area contributed by atoms with Crippen molar-refractivity contribution in [3.8, 4) is 6.07 Å². The zero-order chi connectivity index (χ0) is 14.4. The third-order valence-corrected chi connectivity index (χ3v) is 3.80. The Balaban J connectivity index is 1.89. The van der Waals surface area contributed by atoms with Crippen molar-refractivity contribution in [1.82, 2.24) is 4.90 Å². The van der Waals surface area contributed by atoms with Gasteiger partial charge < -0.3 is 10.2 Å². The van der Waals surface area contributed by atoms with Crippen LogP contribution in [-0.4, -0.2) is 30.4 Å². The smallest absolute Gasteiger partial charge is 0.241 e. The van der Waals surface area contributed by atoms with E-state index in [1.807, 2.05) is 11.0 Å². The van der Waals surface area contributed by atoms with Gasteiger partial charge in [0, 0.05) is 18.8 Å². The number of carbonyl (C=O) groups excluding carboxylic acids is 1. The average Bonchev–Trinajstić information content (AvgIpc) is 2.74. The minimum atomic E-state index is 0.118. The van der Waals surface area contributed by atoms with Crippen molar-refractivity contribution in [1.29, 1.82) is 5.26 Å². The molecule has 0 unspecified atom stereocenters. The molecule has 0 aliphatic carbocycles. The molecule has 1 fully saturated rings. The van der Waals surface area contributed by atoms with Gasteiger partial charge in [-0.2, -0.15) is 5.26 Å². The summed E-state index contributed by atoms with van der Waals surface area (Å²) in [5.74, 6) is 0.118. The lowest BCUT2D eigenvalue weighted by Crippen LogP contribution is -2.36. The summed E-state index contributed by atoms with van der Waals surface area (Å²) in [4.78, 5) is 14.0. The molecule has 1 aromatic carbocycles. The van der Waals surface area contributed by atoms with E-state index in [4.69, 9.17) is 16.9 Å². The summed E-state index contributed by atoms with van der Waals surface area (Å²) in [6.45, 7) is 1.98. The van der Waals surface area contributed by atoms with E-state index in [9.17, 15) is 4.79 Å². The van der Waals surface area contributed by atoms with Gasteiger partial charge in [0.05, 0.1) is 17.1 Å². The van der Waals surface area contributed by atoms with E-state index < -0.39 is 0 Å². The Hall–Kier alpha value is -1.73. The van der Waals surface area contributed by atoms with Crippen molar-refractivity contribution >= 4 is 23.2 Å². The minimum absolute atomic E-state index is 0.118. The molecule has 1 aliphatic heterocycles. The summed E-state index contributed by atoms with van der Waals surface area (Å²) in [7, 11) is 0. The van der Waals surface area contributed by atoms with Crippen LogP contribution in [0.1, 0.15) is 31.2 Å². The molecule has 1 heterocycles. The SMILES string of the molecule is N#Cc1ccc(NCC(=O)N2CCCCCC2)cc1Cl. The molecule has 5 heteroatoms. The van der Waals surface area contributed by atoms with Crippen LogP contribution >= 0.6 is 11.6 Å². The van der Waals surface area contributed by atoms with Crippen LogP contribution in [0.2, 0.25) is 5.02 Å². The second kappa shape index (κ2) is 7.16. The van der Waals surface area contributed by atoms with Gasteiger partial charge in [-0.3, -0.25) is 4.79 Å². The highest BCUT2D eigenvalue weighted by Gasteiger charge is 2.15. The van der Waals surface area contributed by atoms with Crippen LogP contribution in [0.25, 0.3) is 0 Å². The predicted molar refractivity (Wildman–Crippen MR) is 79.7 cm³/mol. The summed E-state index contributed by atoms with van der Waals surface area (Å²) in [6, 6.07) is 7.11. The van der Waals surface area contributed by atoms with Gasteiger partial charge in [0.15, 0.2) is 0 Å². The summed E-state index contributed by atoms with van der Waals surface area (Å²) in [6.07, 6.45) is 4.60. The van der Waals surface area contributed by atoms with Crippen LogP contribution < -0.4 is 5.32 Å². The number of halogens is 1. The minimum Gasteiger partial charge on any atom is -0.376 e. The molecule has 2 rings (SSSR count). The molecule has 20 heavy (non-hydrogen) atoms. The maximum atomic E-state index is 12.1. The van der Waals surface area contributed by atoms with Crippen LogP contribution in [0.4, 0.5) is 5.69 Å². The summed E-state index contributed by atoms with van der Waals surface area (Å²) in [5.41, 5.74) is 1.20. The first-order valence-corrected chi connectivity index (χ1v) is 7.30. The van der Waals surface area contributed by atoms with Gasteiger partial charge in [-0.05, 0) is 31.0 Å². The van der Waals surface area contributed by atoms with Crippen LogP contribution in [0.3, 0.4) is 0 Å². The Morgan fingerprint density at radius 2 is 2.00 bits per heavy atom. The number of nitrogens with one attached hydrogen (secondary N) is 1. The Kier molecular flexibility index (Phi) is 5.25. The van der Waals surface area contributed by atoms with Gasteiger partial charge in [0.25, 0.3) is 0 Å². The predicted octanol–water partition coefficient (Wildman–Crippen LogP) is 3.03. The molecule has 0 radical (unpaired) electrons. The molecule has 0 aromatic heterocycles. The van der Waals surface area contributed by atoms with Crippen molar-refractivity contribution in [2.45, 2.75) is 25.7 Å². The van der Waals surface area contributed by atoms with Crippen LogP contribution in [-0.2, 0) is 4.79 Å². The Labute approximate surface area is 124 Å². The number of likely N-dealkylation sites (tertiary alicyclic amines) is 1. The molecule has 1 saturated heterocycles. The number of nitrogens with zero attached hydrogens (tertiary/aromatic N) is 2. The highest BCUT2D eigenvalue weighted by Crippen LogP contribution is 2.20. The van der Waals surface area contributed by atoms with E-state index in [1.165, 1.54) is 12.8 Å². The van der Waals surface area contributed by atoms with Crippen LogP contribution in [0.5, 0.6) is 0 Å². The molecule has 1 aliphatic rings. The molecule has 4 nitrogen and oxygen atoms in total. The molecule has 0 bridgehead atoms. The number of hydrogen-bond acceptors (Lipinski definition) is 3. The maximum Gasteiger partial charge on any atom is 0.241 e. The largest absolute Gasteiger partial charge is 0.376 e. The number of carbonyl (C=O) groups is 1. The third-order valence-electron chi connectivity index (χ3n) is 3.49. The van der Waals surface area contributed by atoms with Crippen molar-refractivity contribution in [3.05, 3.63) is 28.8 Å². The number of hydrogen-bond donors (Lipinski definition) is 1. The molecule has 0 spiro atoms. The van der Waals surface area contributed by atoms with E-state index >= 15 is 0 Å². The zero-order valence-corrected chi connectivity index (χ0v) is 12.1. The number of amides is 1. The third kappa shape index (κ3) is 3.88. The highest BCUT2D eigenvalue weighted by atomic mass is 35.5. The number of benzene rings is 1. The van der Waals surface area contributed by atoms with Crippen molar-refractivity contribution in [3.63, 3.8) is 0 Å². The number of rotatable bonds is 3. The van der Waals surface area contributed by atoms with E-state index in [1.54, 1.807) is 18.2 Å². The maximum absolute atomic E-state index is 12.1. The van der Waals surface area contributed by atoms with Crippen molar-refractivity contribution in [2.75, 3.05) is 25.0 Å². The standard InChI is InChI=1S/C15H18ClN3O/c16-14-9-13(6-5-12(14)10-17)18-11-15(20)19-7-3-1-2-4-8-19/h5-6,9,18H,1-4,7-8,11H2. The molecular formula is C15H18ClN3O. The van der Waals surface area contributed by atoms with Crippen LogP contribution in [0, 0.1) is 11.3 Å². The monoisotopic (exact) mass is 291 g/mol. The summed E-state index contributed by atoms with van der Waals surface area (Å²) < 4.78 is 0.